The molecule has 30 heavy (non-hydrogen) atoms. The number of ether oxygens (including phenoxy) is 2. The van der Waals surface area contributed by atoms with E-state index in [0.29, 0.717) is 6.04 Å². The fourth-order valence-electron chi connectivity index (χ4n) is 4.65. The number of aliphatic imine (C=N–C) groups is 1. The second kappa shape index (κ2) is 8.47. The van der Waals surface area contributed by atoms with Gasteiger partial charge in [-0.15, -0.1) is 0 Å². The van der Waals surface area contributed by atoms with Crippen molar-refractivity contribution in [2.75, 3.05) is 44.1 Å². The summed E-state index contributed by atoms with van der Waals surface area (Å²) in [6.07, 6.45) is 2.98. The molecule has 0 N–H and O–H groups in total. The van der Waals surface area contributed by atoms with Crippen LogP contribution in [0, 0.1) is 0 Å². The van der Waals surface area contributed by atoms with Crippen molar-refractivity contribution in [3.63, 3.8) is 0 Å². The van der Waals surface area contributed by atoms with Gasteiger partial charge in [-0.05, 0) is 36.2 Å². The van der Waals surface area contributed by atoms with E-state index in [1.165, 1.54) is 5.56 Å². The molecule has 1 aromatic heterocycles. The molecule has 0 spiro atoms. The highest BCUT2D eigenvalue weighted by atomic mass is 32.2. The Hall–Kier alpha value is -2.25. The lowest BCUT2D eigenvalue weighted by molar-refractivity contribution is 0.122. The lowest BCUT2D eigenvalue weighted by Gasteiger charge is -2.33. The summed E-state index contributed by atoms with van der Waals surface area (Å²) in [7, 11) is 1.76. The van der Waals surface area contributed by atoms with Crippen molar-refractivity contribution < 1.29 is 9.47 Å². The Morgan fingerprint density at radius 3 is 2.80 bits per heavy atom. The molecule has 2 aromatic rings. The van der Waals surface area contributed by atoms with Crippen LogP contribution in [0.1, 0.15) is 36.7 Å². The molecule has 0 unspecified atom stereocenters. The van der Waals surface area contributed by atoms with Gasteiger partial charge < -0.3 is 19.3 Å². The van der Waals surface area contributed by atoms with Gasteiger partial charge in [-0.3, -0.25) is 9.98 Å². The van der Waals surface area contributed by atoms with E-state index >= 15 is 0 Å². The molecule has 5 rings (SSSR count). The zero-order chi connectivity index (χ0) is 20.5. The fourth-order valence-corrected chi connectivity index (χ4v) is 5.99. The number of pyridine rings is 1. The van der Waals surface area contributed by atoms with Crippen molar-refractivity contribution in [3.05, 3.63) is 53.9 Å². The topological polar surface area (TPSA) is 50.2 Å². The molecule has 6 nitrogen and oxygen atoms in total. The molecule has 0 radical (unpaired) electrons. The largest absolute Gasteiger partial charge is 0.495 e. The number of nitrogens with zero attached hydrogens (tertiary/aromatic N) is 4. The van der Waals surface area contributed by atoms with Gasteiger partial charge >= 0.3 is 0 Å². The number of morpholine rings is 1. The van der Waals surface area contributed by atoms with Crippen molar-refractivity contribution in [2.24, 2.45) is 4.99 Å². The predicted molar refractivity (Wildman–Crippen MR) is 122 cm³/mol. The Morgan fingerprint density at radius 2 is 2.07 bits per heavy atom. The third-order valence-electron chi connectivity index (χ3n) is 6.23. The van der Waals surface area contributed by atoms with Crippen LogP contribution < -0.4 is 9.64 Å². The van der Waals surface area contributed by atoms with Crippen molar-refractivity contribution in [1.29, 1.82) is 0 Å². The van der Waals surface area contributed by atoms with Crippen LogP contribution in [0.25, 0.3) is 0 Å². The van der Waals surface area contributed by atoms with Gasteiger partial charge in [0.2, 0.25) is 0 Å². The van der Waals surface area contributed by atoms with E-state index in [0.717, 1.165) is 60.8 Å². The summed E-state index contributed by atoms with van der Waals surface area (Å²) < 4.78 is 11.4. The Morgan fingerprint density at radius 1 is 1.20 bits per heavy atom. The highest BCUT2D eigenvalue weighted by Crippen LogP contribution is 2.49. The summed E-state index contributed by atoms with van der Waals surface area (Å²) in [6, 6.07) is 13.4. The number of anilines is 1. The van der Waals surface area contributed by atoms with E-state index in [-0.39, 0.29) is 12.1 Å². The highest BCUT2D eigenvalue weighted by Gasteiger charge is 2.45. The molecule has 0 saturated carbocycles. The minimum atomic E-state index is 0.00185. The van der Waals surface area contributed by atoms with Gasteiger partial charge in [0.15, 0.2) is 5.17 Å². The van der Waals surface area contributed by atoms with Gasteiger partial charge in [-0.1, -0.05) is 30.8 Å². The first-order chi connectivity index (χ1) is 14.8. The molecular weight excluding hydrogens is 396 g/mol. The predicted octanol–water partition coefficient (Wildman–Crippen LogP) is 3.91. The monoisotopic (exact) mass is 424 g/mol. The zero-order valence-electron chi connectivity index (χ0n) is 17.5. The number of amidine groups is 1. The molecule has 2 saturated heterocycles. The molecule has 1 aromatic carbocycles. The third-order valence-corrected chi connectivity index (χ3v) is 7.35. The molecule has 7 heteroatoms. The van der Waals surface area contributed by atoms with Crippen LogP contribution in [0.2, 0.25) is 0 Å². The second-order valence-corrected chi connectivity index (χ2v) is 8.85. The van der Waals surface area contributed by atoms with Crippen molar-refractivity contribution in [1.82, 2.24) is 9.88 Å². The van der Waals surface area contributed by atoms with Gasteiger partial charge in [-0.2, -0.15) is 0 Å². The first kappa shape index (κ1) is 19.7. The summed E-state index contributed by atoms with van der Waals surface area (Å²) in [6.45, 7) is 5.57. The maximum absolute atomic E-state index is 5.85. The maximum Gasteiger partial charge on any atom is 0.160 e. The molecule has 0 amide bonds. The molecule has 3 atom stereocenters. The van der Waals surface area contributed by atoms with E-state index in [2.05, 4.69) is 52.0 Å². The molecule has 0 bridgehead atoms. The molecule has 4 heterocycles. The fraction of sp³-hybridized carbons (Fsp3) is 0.478. The molecule has 3 aliphatic rings. The number of hydrogen-bond donors (Lipinski definition) is 0. The van der Waals surface area contributed by atoms with E-state index in [9.17, 15) is 0 Å². The minimum absolute atomic E-state index is 0.00185. The quantitative estimate of drug-likeness (QED) is 0.726. The van der Waals surface area contributed by atoms with Crippen LogP contribution in [0.15, 0.2) is 47.6 Å². The van der Waals surface area contributed by atoms with E-state index in [1.807, 2.05) is 24.0 Å². The van der Waals surface area contributed by atoms with Crippen LogP contribution in [-0.4, -0.2) is 60.3 Å². The summed E-state index contributed by atoms with van der Waals surface area (Å²) in [4.78, 5) is 14.6. The number of fused-ring (bicyclic) bond motifs is 1. The van der Waals surface area contributed by atoms with Crippen molar-refractivity contribution in [2.45, 2.75) is 31.5 Å². The van der Waals surface area contributed by atoms with Crippen LogP contribution in [-0.2, 0) is 4.74 Å². The van der Waals surface area contributed by atoms with Crippen LogP contribution in [0.5, 0.6) is 5.75 Å². The van der Waals surface area contributed by atoms with Gasteiger partial charge in [0.05, 0.1) is 37.7 Å². The molecule has 2 fully saturated rings. The number of aromatic nitrogens is 1. The standard InChI is InChI=1S/C23H28N4O2S/c1-3-17-15-30-23-25-21(18-6-4-5-9-24-18)22(27(17)23)16-7-8-19(20(14-16)28-2)26-10-12-29-13-11-26/h4-9,14,17,21-22H,3,10-13,15H2,1-2H3/t17-,21+,22+/m1/s1. The number of hydrogen-bond acceptors (Lipinski definition) is 7. The number of rotatable bonds is 5. The summed E-state index contributed by atoms with van der Waals surface area (Å²) >= 11 is 1.87. The van der Waals surface area contributed by atoms with Crippen molar-refractivity contribution in [3.8, 4) is 5.75 Å². The van der Waals surface area contributed by atoms with E-state index < -0.39 is 0 Å². The first-order valence-electron chi connectivity index (χ1n) is 10.7. The number of benzene rings is 1. The normalized spacial score (nSPS) is 25.9. The van der Waals surface area contributed by atoms with Gasteiger partial charge in [0.1, 0.15) is 11.8 Å². The van der Waals surface area contributed by atoms with Crippen LogP contribution >= 0.6 is 11.8 Å². The summed E-state index contributed by atoms with van der Waals surface area (Å²) in [5, 5.41) is 1.15. The number of thioether (sulfide) groups is 1. The van der Waals surface area contributed by atoms with E-state index in [4.69, 9.17) is 14.5 Å². The lowest BCUT2D eigenvalue weighted by atomic mass is 9.94. The van der Waals surface area contributed by atoms with Crippen molar-refractivity contribution >= 4 is 22.6 Å². The molecular formula is C23H28N4O2S. The third kappa shape index (κ3) is 3.44. The average molecular weight is 425 g/mol. The van der Waals surface area contributed by atoms with E-state index in [1.54, 1.807) is 7.11 Å². The molecule has 3 aliphatic heterocycles. The minimum Gasteiger partial charge on any atom is -0.495 e. The molecule has 158 valence electrons. The molecule has 0 aliphatic carbocycles. The number of methoxy groups -OCH3 is 1. The van der Waals surface area contributed by atoms with Crippen LogP contribution in [0.3, 0.4) is 0 Å². The Balaban J connectivity index is 1.54. The zero-order valence-corrected chi connectivity index (χ0v) is 18.3. The Kier molecular flexibility index (Phi) is 5.56. The maximum atomic E-state index is 5.85. The second-order valence-electron chi connectivity index (χ2n) is 7.87. The Labute approximate surface area is 182 Å². The summed E-state index contributed by atoms with van der Waals surface area (Å²) in [5.74, 6) is 2.02. The lowest BCUT2D eigenvalue weighted by Crippen LogP contribution is -2.37. The highest BCUT2D eigenvalue weighted by molar-refractivity contribution is 8.14. The summed E-state index contributed by atoms with van der Waals surface area (Å²) in [5.41, 5.74) is 3.40. The van der Waals surface area contributed by atoms with Crippen LogP contribution in [0.4, 0.5) is 5.69 Å². The Bertz CT molecular complexity index is 917. The van der Waals surface area contributed by atoms with Gasteiger partial charge in [-0.25, -0.2) is 0 Å². The average Bonchev–Trinajstić information content (AvgIpc) is 3.39. The smallest absolute Gasteiger partial charge is 0.160 e. The SMILES string of the molecule is CC[C@@H]1CSC2=N[C@@H](c3ccccn3)[C@H](c3ccc(N4CCOCC4)c(OC)c3)N21. The first-order valence-corrected chi connectivity index (χ1v) is 11.7. The van der Waals surface area contributed by atoms with Gasteiger partial charge in [0, 0.05) is 31.1 Å². The van der Waals surface area contributed by atoms with Gasteiger partial charge in [0.25, 0.3) is 0 Å².